The maximum Gasteiger partial charge on any atom is 0.241 e. The third-order valence-electron chi connectivity index (χ3n) is 3.81. The molecule has 1 aliphatic rings. The lowest BCUT2D eigenvalue weighted by atomic mass is 10.1. The summed E-state index contributed by atoms with van der Waals surface area (Å²) in [6.45, 7) is 8.47. The molecule has 1 aromatic rings. The first-order chi connectivity index (χ1) is 9.61. The molecule has 0 aromatic heterocycles. The van der Waals surface area contributed by atoms with Crippen molar-refractivity contribution in [2.24, 2.45) is 0 Å². The highest BCUT2D eigenvalue weighted by atomic mass is 16.2. The van der Waals surface area contributed by atoms with Gasteiger partial charge in [-0.15, -0.1) is 0 Å². The Morgan fingerprint density at radius 3 is 2.75 bits per heavy atom. The number of anilines is 1. The highest BCUT2D eigenvalue weighted by Crippen LogP contribution is 2.22. The van der Waals surface area contributed by atoms with E-state index in [4.69, 9.17) is 0 Å². The number of rotatable bonds is 5. The van der Waals surface area contributed by atoms with Gasteiger partial charge in [-0.1, -0.05) is 19.1 Å². The Morgan fingerprint density at radius 1 is 1.30 bits per heavy atom. The van der Waals surface area contributed by atoms with E-state index in [0.29, 0.717) is 6.54 Å². The zero-order valence-electron chi connectivity index (χ0n) is 12.8. The first-order valence-corrected chi connectivity index (χ1v) is 7.41. The van der Waals surface area contributed by atoms with Gasteiger partial charge in [-0.05, 0) is 37.1 Å². The van der Waals surface area contributed by atoms with Crippen molar-refractivity contribution < 1.29 is 4.79 Å². The summed E-state index contributed by atoms with van der Waals surface area (Å²) in [6.07, 6.45) is 1.15. The van der Waals surface area contributed by atoms with Crippen LogP contribution in [0, 0.1) is 6.92 Å². The highest BCUT2D eigenvalue weighted by Gasteiger charge is 2.22. The molecular formula is C16H25N3O. The Morgan fingerprint density at radius 2 is 2.10 bits per heavy atom. The van der Waals surface area contributed by atoms with Gasteiger partial charge in [-0.3, -0.25) is 4.79 Å². The van der Waals surface area contributed by atoms with E-state index in [1.807, 2.05) is 7.05 Å². The van der Waals surface area contributed by atoms with E-state index in [1.54, 1.807) is 4.90 Å². The van der Waals surface area contributed by atoms with E-state index in [2.05, 4.69) is 42.3 Å². The van der Waals surface area contributed by atoms with Gasteiger partial charge in [0, 0.05) is 32.4 Å². The summed E-state index contributed by atoms with van der Waals surface area (Å²) < 4.78 is 0. The number of carbonyl (C=O) groups excluding carboxylic acids is 1. The third kappa shape index (κ3) is 3.51. The van der Waals surface area contributed by atoms with E-state index in [0.717, 1.165) is 32.6 Å². The standard InChI is InChI=1S/C16H25N3O/c1-4-7-17-11-14-5-6-15(13(2)10-14)19-9-8-18(3)16(20)12-19/h5-6,10,17H,4,7-9,11-12H2,1-3H3. The summed E-state index contributed by atoms with van der Waals surface area (Å²) in [5, 5.41) is 3.42. The number of hydrogen-bond donors (Lipinski definition) is 1. The maximum absolute atomic E-state index is 11.8. The largest absolute Gasteiger partial charge is 0.360 e. The fourth-order valence-corrected chi connectivity index (χ4v) is 2.56. The fraction of sp³-hybridized carbons (Fsp3) is 0.562. The Balaban J connectivity index is 2.04. The Kier molecular flexibility index (Phi) is 5.01. The minimum Gasteiger partial charge on any atom is -0.360 e. The maximum atomic E-state index is 11.8. The fourth-order valence-electron chi connectivity index (χ4n) is 2.56. The van der Waals surface area contributed by atoms with Crippen molar-refractivity contribution in [3.05, 3.63) is 29.3 Å². The van der Waals surface area contributed by atoms with Crippen molar-refractivity contribution in [2.75, 3.05) is 38.1 Å². The molecule has 1 heterocycles. The molecule has 4 heteroatoms. The van der Waals surface area contributed by atoms with Crippen LogP contribution in [0.25, 0.3) is 0 Å². The molecule has 0 atom stereocenters. The van der Waals surface area contributed by atoms with Gasteiger partial charge in [0.1, 0.15) is 0 Å². The van der Waals surface area contributed by atoms with Crippen LogP contribution >= 0.6 is 0 Å². The summed E-state index contributed by atoms with van der Waals surface area (Å²) >= 11 is 0. The van der Waals surface area contributed by atoms with Gasteiger partial charge in [-0.25, -0.2) is 0 Å². The molecule has 1 aromatic carbocycles. The lowest BCUT2D eigenvalue weighted by Gasteiger charge is -2.34. The predicted octanol–water partition coefficient (Wildman–Crippen LogP) is 1.77. The average Bonchev–Trinajstić information content (AvgIpc) is 2.43. The smallest absolute Gasteiger partial charge is 0.241 e. The number of likely N-dealkylation sites (N-methyl/N-ethyl adjacent to an activating group) is 1. The van der Waals surface area contributed by atoms with Crippen LogP contribution in [-0.4, -0.2) is 44.0 Å². The van der Waals surface area contributed by atoms with E-state index < -0.39 is 0 Å². The quantitative estimate of drug-likeness (QED) is 0.832. The van der Waals surface area contributed by atoms with Crippen LogP contribution in [0.1, 0.15) is 24.5 Å². The van der Waals surface area contributed by atoms with Crippen LogP contribution in [-0.2, 0) is 11.3 Å². The molecular weight excluding hydrogens is 250 g/mol. The van der Waals surface area contributed by atoms with Gasteiger partial charge < -0.3 is 15.1 Å². The van der Waals surface area contributed by atoms with Gasteiger partial charge in [-0.2, -0.15) is 0 Å². The summed E-state index contributed by atoms with van der Waals surface area (Å²) in [5.74, 6) is 0.198. The molecule has 0 aliphatic carbocycles. The van der Waals surface area contributed by atoms with Crippen LogP contribution in [0.15, 0.2) is 18.2 Å². The Hall–Kier alpha value is -1.55. The van der Waals surface area contributed by atoms with Crippen LogP contribution in [0.4, 0.5) is 5.69 Å². The second kappa shape index (κ2) is 6.75. The highest BCUT2D eigenvalue weighted by molar-refractivity contribution is 5.83. The number of nitrogens with one attached hydrogen (secondary N) is 1. The summed E-state index contributed by atoms with van der Waals surface area (Å²) in [4.78, 5) is 15.8. The molecule has 1 N–H and O–H groups in total. The van der Waals surface area contributed by atoms with Crippen molar-refractivity contribution in [3.8, 4) is 0 Å². The molecule has 0 bridgehead atoms. The molecule has 0 radical (unpaired) electrons. The number of piperazine rings is 1. The van der Waals surface area contributed by atoms with E-state index in [1.165, 1.54) is 16.8 Å². The molecule has 4 nitrogen and oxygen atoms in total. The van der Waals surface area contributed by atoms with E-state index in [-0.39, 0.29) is 5.91 Å². The van der Waals surface area contributed by atoms with E-state index >= 15 is 0 Å². The van der Waals surface area contributed by atoms with Crippen molar-refractivity contribution in [3.63, 3.8) is 0 Å². The number of nitrogens with zero attached hydrogens (tertiary/aromatic N) is 2. The van der Waals surface area contributed by atoms with Gasteiger partial charge in [0.15, 0.2) is 0 Å². The monoisotopic (exact) mass is 275 g/mol. The van der Waals surface area contributed by atoms with Gasteiger partial charge in [0.25, 0.3) is 0 Å². The molecule has 20 heavy (non-hydrogen) atoms. The lowest BCUT2D eigenvalue weighted by Crippen LogP contribution is -2.48. The first kappa shape index (κ1) is 14.9. The number of amides is 1. The molecule has 110 valence electrons. The first-order valence-electron chi connectivity index (χ1n) is 7.41. The minimum atomic E-state index is 0.198. The van der Waals surface area contributed by atoms with Crippen LogP contribution in [0.5, 0.6) is 0 Å². The SMILES string of the molecule is CCCNCc1ccc(N2CCN(C)C(=O)C2)c(C)c1. The van der Waals surface area contributed by atoms with Crippen LogP contribution in [0.2, 0.25) is 0 Å². The predicted molar refractivity (Wildman–Crippen MR) is 83.0 cm³/mol. The number of carbonyl (C=O) groups is 1. The Bertz CT molecular complexity index is 473. The zero-order valence-corrected chi connectivity index (χ0v) is 12.8. The topological polar surface area (TPSA) is 35.6 Å². The van der Waals surface area contributed by atoms with Crippen molar-refractivity contribution in [1.82, 2.24) is 10.2 Å². The molecule has 2 rings (SSSR count). The Labute approximate surface area is 121 Å². The van der Waals surface area contributed by atoms with Crippen molar-refractivity contribution in [2.45, 2.75) is 26.8 Å². The number of benzene rings is 1. The normalized spacial score (nSPS) is 15.8. The summed E-state index contributed by atoms with van der Waals surface area (Å²) in [6, 6.07) is 6.53. The summed E-state index contributed by atoms with van der Waals surface area (Å²) in [5.41, 5.74) is 3.74. The van der Waals surface area contributed by atoms with Gasteiger partial charge in [0.2, 0.25) is 5.91 Å². The molecule has 1 aliphatic heterocycles. The second-order valence-electron chi connectivity index (χ2n) is 5.53. The van der Waals surface area contributed by atoms with Gasteiger partial charge in [0.05, 0.1) is 6.54 Å². The van der Waals surface area contributed by atoms with Gasteiger partial charge >= 0.3 is 0 Å². The molecule has 0 unspecified atom stereocenters. The van der Waals surface area contributed by atoms with E-state index in [9.17, 15) is 4.79 Å². The average molecular weight is 275 g/mol. The second-order valence-corrected chi connectivity index (χ2v) is 5.53. The van der Waals surface area contributed by atoms with Crippen molar-refractivity contribution in [1.29, 1.82) is 0 Å². The lowest BCUT2D eigenvalue weighted by molar-refractivity contribution is -0.129. The molecule has 1 saturated heterocycles. The minimum absolute atomic E-state index is 0.198. The number of hydrogen-bond acceptors (Lipinski definition) is 3. The molecule has 0 spiro atoms. The third-order valence-corrected chi connectivity index (χ3v) is 3.81. The zero-order chi connectivity index (χ0) is 14.5. The number of aryl methyl sites for hydroxylation is 1. The molecule has 1 amide bonds. The van der Waals surface area contributed by atoms with Crippen molar-refractivity contribution >= 4 is 11.6 Å². The van der Waals surface area contributed by atoms with Crippen LogP contribution in [0.3, 0.4) is 0 Å². The summed E-state index contributed by atoms with van der Waals surface area (Å²) in [7, 11) is 1.87. The molecule has 1 fully saturated rings. The molecule has 0 saturated carbocycles. The van der Waals surface area contributed by atoms with Crippen LogP contribution < -0.4 is 10.2 Å².